The summed E-state index contributed by atoms with van der Waals surface area (Å²) in [6.07, 6.45) is 1.24. The molecule has 0 spiro atoms. The number of aromatic nitrogens is 2. The Morgan fingerprint density at radius 1 is 0.846 bits per heavy atom. The Balaban J connectivity index is 1.79. The van der Waals surface area contributed by atoms with Crippen LogP contribution in [-0.4, -0.2) is 18.4 Å². The van der Waals surface area contributed by atoms with E-state index in [0.29, 0.717) is 23.0 Å². The van der Waals surface area contributed by atoms with E-state index in [9.17, 15) is 21.6 Å². The second-order valence-corrected chi connectivity index (χ2v) is 7.10. The molecule has 0 saturated carbocycles. The van der Waals surface area contributed by atoms with Crippen molar-refractivity contribution in [1.29, 1.82) is 0 Å². The third kappa shape index (κ3) is 4.24. The van der Waals surface area contributed by atoms with E-state index < -0.39 is 32.4 Å². The average molecular weight is 379 g/mol. The molecule has 9 heteroatoms. The van der Waals surface area contributed by atoms with Gasteiger partial charge in [-0.25, -0.2) is 36.3 Å². The van der Waals surface area contributed by atoms with E-state index in [1.807, 2.05) is 0 Å². The summed E-state index contributed by atoms with van der Waals surface area (Å²) in [5.74, 6) is -2.38. The number of nitrogens with zero attached hydrogens (tertiary/aromatic N) is 2. The van der Waals surface area contributed by atoms with Gasteiger partial charge in [-0.1, -0.05) is 0 Å². The number of nitrogens with one attached hydrogen (secondary N) is 1. The lowest BCUT2D eigenvalue weighted by molar-refractivity contribution is 0.561. The second kappa shape index (κ2) is 7.22. The van der Waals surface area contributed by atoms with Crippen molar-refractivity contribution in [2.45, 2.75) is 11.4 Å². The van der Waals surface area contributed by atoms with Crippen LogP contribution < -0.4 is 4.72 Å². The summed E-state index contributed by atoms with van der Waals surface area (Å²) in [6.45, 7) is -0.211. The fourth-order valence-corrected chi connectivity index (χ4v) is 3.25. The van der Waals surface area contributed by atoms with Crippen molar-refractivity contribution in [3.8, 4) is 11.3 Å². The van der Waals surface area contributed by atoms with Crippen LogP contribution in [0.4, 0.5) is 13.2 Å². The first-order chi connectivity index (χ1) is 12.3. The molecule has 0 radical (unpaired) electrons. The lowest BCUT2D eigenvalue weighted by atomic mass is 10.1. The molecule has 5 nitrogen and oxygen atoms in total. The highest BCUT2D eigenvalue weighted by Crippen LogP contribution is 2.18. The Kier molecular flexibility index (Phi) is 5.01. The van der Waals surface area contributed by atoms with E-state index in [1.165, 1.54) is 36.7 Å². The van der Waals surface area contributed by atoms with E-state index in [4.69, 9.17) is 0 Å². The average Bonchev–Trinajstić information content (AvgIpc) is 2.60. The van der Waals surface area contributed by atoms with Gasteiger partial charge in [-0.2, -0.15) is 0 Å². The summed E-state index contributed by atoms with van der Waals surface area (Å²) >= 11 is 0. The Bertz CT molecular complexity index is 1020. The third-order valence-electron chi connectivity index (χ3n) is 3.45. The summed E-state index contributed by atoms with van der Waals surface area (Å²) in [5.41, 5.74) is 1.44. The van der Waals surface area contributed by atoms with Gasteiger partial charge in [-0.15, -0.1) is 0 Å². The molecule has 1 N–H and O–H groups in total. The van der Waals surface area contributed by atoms with Crippen LogP contribution in [0.5, 0.6) is 0 Å². The lowest BCUT2D eigenvalue weighted by Crippen LogP contribution is -2.24. The fourth-order valence-electron chi connectivity index (χ4n) is 2.21. The molecule has 0 fully saturated rings. The molecule has 3 aromatic rings. The van der Waals surface area contributed by atoms with Crippen LogP contribution in [-0.2, 0) is 16.6 Å². The zero-order valence-electron chi connectivity index (χ0n) is 13.2. The highest BCUT2D eigenvalue weighted by molar-refractivity contribution is 7.89. The van der Waals surface area contributed by atoms with Gasteiger partial charge in [0, 0.05) is 11.6 Å². The maximum atomic E-state index is 13.2. The SMILES string of the molecule is O=S(=O)(NCc1cc(-c2ccc(F)cc2)ncn1)c1cc(F)cc(F)c1. The number of benzene rings is 2. The minimum absolute atomic E-state index is 0.211. The molecule has 2 aromatic carbocycles. The van der Waals surface area contributed by atoms with Crippen molar-refractivity contribution in [3.63, 3.8) is 0 Å². The largest absolute Gasteiger partial charge is 0.241 e. The summed E-state index contributed by atoms with van der Waals surface area (Å²) in [4.78, 5) is 7.48. The van der Waals surface area contributed by atoms with Gasteiger partial charge < -0.3 is 0 Å². The third-order valence-corrected chi connectivity index (χ3v) is 4.83. The van der Waals surface area contributed by atoms with Crippen molar-refractivity contribution in [2.24, 2.45) is 0 Å². The van der Waals surface area contributed by atoms with Crippen LogP contribution in [0.15, 0.2) is 59.8 Å². The van der Waals surface area contributed by atoms with Crippen LogP contribution >= 0.6 is 0 Å². The van der Waals surface area contributed by atoms with E-state index in [1.54, 1.807) is 0 Å². The Morgan fingerprint density at radius 2 is 1.50 bits per heavy atom. The van der Waals surface area contributed by atoms with Gasteiger partial charge >= 0.3 is 0 Å². The number of rotatable bonds is 5. The minimum Gasteiger partial charge on any atom is -0.240 e. The molecule has 0 bridgehead atoms. The first-order valence-electron chi connectivity index (χ1n) is 7.36. The maximum absolute atomic E-state index is 13.2. The van der Waals surface area contributed by atoms with Gasteiger partial charge in [-0.05, 0) is 42.5 Å². The highest BCUT2D eigenvalue weighted by Gasteiger charge is 2.16. The van der Waals surface area contributed by atoms with E-state index in [0.717, 1.165) is 12.1 Å². The summed E-state index contributed by atoms with van der Waals surface area (Å²) in [7, 11) is -4.13. The maximum Gasteiger partial charge on any atom is 0.241 e. The Labute approximate surface area is 147 Å². The van der Waals surface area contributed by atoms with Crippen LogP contribution in [0.2, 0.25) is 0 Å². The molecule has 0 aliphatic heterocycles. The van der Waals surface area contributed by atoms with Gasteiger partial charge in [0.05, 0.1) is 22.8 Å². The van der Waals surface area contributed by atoms with Crippen molar-refractivity contribution >= 4 is 10.0 Å². The van der Waals surface area contributed by atoms with Gasteiger partial charge in [0.2, 0.25) is 10.0 Å². The smallest absolute Gasteiger partial charge is 0.240 e. The molecule has 3 rings (SSSR count). The van der Waals surface area contributed by atoms with E-state index in [2.05, 4.69) is 14.7 Å². The van der Waals surface area contributed by atoms with Gasteiger partial charge in [-0.3, -0.25) is 0 Å². The topological polar surface area (TPSA) is 72.0 Å². The van der Waals surface area contributed by atoms with E-state index in [-0.39, 0.29) is 6.54 Å². The first-order valence-corrected chi connectivity index (χ1v) is 8.84. The van der Waals surface area contributed by atoms with Gasteiger partial charge in [0.1, 0.15) is 23.8 Å². The van der Waals surface area contributed by atoms with Gasteiger partial charge in [0.15, 0.2) is 0 Å². The summed E-state index contributed by atoms with van der Waals surface area (Å²) in [6, 6.07) is 9.16. The molecule has 134 valence electrons. The molecule has 1 heterocycles. The highest BCUT2D eigenvalue weighted by atomic mass is 32.2. The molecule has 0 amide bonds. The Hall–Kier alpha value is -2.78. The lowest BCUT2D eigenvalue weighted by Gasteiger charge is -2.08. The molecule has 0 atom stereocenters. The zero-order chi connectivity index (χ0) is 18.7. The number of hydrogen-bond donors (Lipinski definition) is 1. The standard InChI is InChI=1S/C17H12F3N3O2S/c18-12-3-1-11(2-4-12)17-8-15(21-10-22-17)9-23-26(24,25)16-6-13(19)5-14(20)7-16/h1-8,10,23H,9H2. The van der Waals surface area contributed by atoms with Gasteiger partial charge in [0.25, 0.3) is 0 Å². The van der Waals surface area contributed by atoms with Crippen LogP contribution in [0, 0.1) is 17.5 Å². The predicted molar refractivity (Wildman–Crippen MR) is 87.8 cm³/mol. The molecule has 0 saturated heterocycles. The zero-order valence-corrected chi connectivity index (χ0v) is 14.0. The Morgan fingerprint density at radius 3 is 2.15 bits per heavy atom. The fraction of sp³-hybridized carbons (Fsp3) is 0.0588. The number of sulfonamides is 1. The number of hydrogen-bond acceptors (Lipinski definition) is 4. The van der Waals surface area contributed by atoms with E-state index >= 15 is 0 Å². The normalized spacial score (nSPS) is 11.5. The molecule has 0 unspecified atom stereocenters. The van der Waals surface area contributed by atoms with Crippen molar-refractivity contribution in [3.05, 3.63) is 78.0 Å². The molecule has 1 aromatic heterocycles. The molecule has 26 heavy (non-hydrogen) atoms. The van der Waals surface area contributed by atoms with Crippen molar-refractivity contribution in [2.75, 3.05) is 0 Å². The monoisotopic (exact) mass is 379 g/mol. The summed E-state index contributed by atoms with van der Waals surface area (Å²) < 4.78 is 66.0. The van der Waals surface area contributed by atoms with Crippen molar-refractivity contribution < 1.29 is 21.6 Å². The first kappa shape index (κ1) is 18.0. The molecule has 0 aliphatic rings. The molecule has 0 aliphatic carbocycles. The second-order valence-electron chi connectivity index (χ2n) is 5.33. The van der Waals surface area contributed by atoms with Crippen LogP contribution in [0.3, 0.4) is 0 Å². The minimum atomic E-state index is -4.13. The molecular weight excluding hydrogens is 367 g/mol. The summed E-state index contributed by atoms with van der Waals surface area (Å²) in [5, 5.41) is 0. The molecular formula is C17H12F3N3O2S. The van der Waals surface area contributed by atoms with Crippen LogP contribution in [0.25, 0.3) is 11.3 Å². The number of halogens is 3. The quantitative estimate of drug-likeness (QED) is 0.740. The predicted octanol–water partition coefficient (Wildman–Crippen LogP) is 3.04. The van der Waals surface area contributed by atoms with Crippen LogP contribution in [0.1, 0.15) is 5.69 Å². The van der Waals surface area contributed by atoms with Crippen molar-refractivity contribution in [1.82, 2.24) is 14.7 Å².